The van der Waals surface area contributed by atoms with Crippen molar-refractivity contribution in [3.05, 3.63) is 47.9 Å². The van der Waals surface area contributed by atoms with Crippen LogP contribution in [0, 0.1) is 0 Å². The molecule has 0 aliphatic carbocycles. The number of carbonyl (C=O) groups is 1. The smallest absolute Gasteiger partial charge is 0.357 e. The standard InChI is InChI=1S/C14H14N4O2/c1-17-9-10(8-15-17)6-7-18-12-5-3-2-4-11(12)13(16-18)14(19)20/h2-5,8-9H,6-7H2,1H3,(H,19,20). The van der Waals surface area contributed by atoms with Crippen molar-refractivity contribution in [1.29, 1.82) is 0 Å². The molecule has 0 radical (unpaired) electrons. The Morgan fingerprint density at radius 3 is 2.85 bits per heavy atom. The summed E-state index contributed by atoms with van der Waals surface area (Å²) in [5, 5.41) is 18.2. The van der Waals surface area contributed by atoms with Crippen LogP contribution in [0.4, 0.5) is 0 Å². The quantitative estimate of drug-likeness (QED) is 0.783. The Balaban J connectivity index is 1.93. The van der Waals surface area contributed by atoms with Gasteiger partial charge in [0.25, 0.3) is 0 Å². The topological polar surface area (TPSA) is 72.9 Å². The summed E-state index contributed by atoms with van der Waals surface area (Å²) >= 11 is 0. The average molecular weight is 270 g/mol. The highest BCUT2D eigenvalue weighted by Gasteiger charge is 2.15. The summed E-state index contributed by atoms with van der Waals surface area (Å²) in [6.07, 6.45) is 4.52. The molecule has 0 aliphatic rings. The SMILES string of the molecule is Cn1cc(CCn2nc(C(=O)O)c3ccccc32)cn1. The highest BCUT2D eigenvalue weighted by Crippen LogP contribution is 2.18. The molecule has 0 bridgehead atoms. The second kappa shape index (κ2) is 4.80. The average Bonchev–Trinajstić information content (AvgIpc) is 3.00. The van der Waals surface area contributed by atoms with Crippen molar-refractivity contribution in [3.63, 3.8) is 0 Å². The van der Waals surface area contributed by atoms with E-state index in [4.69, 9.17) is 0 Å². The number of para-hydroxylation sites is 1. The van der Waals surface area contributed by atoms with E-state index < -0.39 is 5.97 Å². The van der Waals surface area contributed by atoms with Gasteiger partial charge in [-0.25, -0.2) is 4.79 Å². The molecule has 0 saturated heterocycles. The lowest BCUT2D eigenvalue weighted by Gasteiger charge is -2.01. The number of hydrogen-bond donors (Lipinski definition) is 1. The highest BCUT2D eigenvalue weighted by molar-refractivity contribution is 6.01. The molecule has 20 heavy (non-hydrogen) atoms. The van der Waals surface area contributed by atoms with Crippen molar-refractivity contribution in [2.45, 2.75) is 13.0 Å². The number of benzene rings is 1. The number of rotatable bonds is 4. The molecule has 0 amide bonds. The van der Waals surface area contributed by atoms with Crippen LogP contribution in [0.5, 0.6) is 0 Å². The van der Waals surface area contributed by atoms with Gasteiger partial charge in [-0.05, 0) is 18.1 Å². The molecule has 0 fully saturated rings. The molecule has 0 spiro atoms. The van der Waals surface area contributed by atoms with Gasteiger partial charge in [0.15, 0.2) is 5.69 Å². The van der Waals surface area contributed by atoms with E-state index >= 15 is 0 Å². The number of carboxylic acids is 1. The molecule has 3 aromatic rings. The Hall–Kier alpha value is -2.63. The molecule has 2 aromatic heterocycles. The van der Waals surface area contributed by atoms with Crippen LogP contribution in [0.1, 0.15) is 16.1 Å². The van der Waals surface area contributed by atoms with Crippen LogP contribution in [0.2, 0.25) is 0 Å². The first-order valence-corrected chi connectivity index (χ1v) is 6.31. The summed E-state index contributed by atoms with van der Waals surface area (Å²) in [6, 6.07) is 7.38. The van der Waals surface area contributed by atoms with Gasteiger partial charge in [0.2, 0.25) is 0 Å². The maximum Gasteiger partial charge on any atom is 0.357 e. The second-order valence-electron chi connectivity index (χ2n) is 4.67. The molecule has 2 heterocycles. The fourth-order valence-electron chi connectivity index (χ4n) is 2.29. The number of aromatic carboxylic acids is 1. The minimum absolute atomic E-state index is 0.104. The molecule has 0 atom stereocenters. The zero-order valence-electron chi connectivity index (χ0n) is 11.0. The molecule has 0 aliphatic heterocycles. The van der Waals surface area contributed by atoms with E-state index in [0.29, 0.717) is 11.9 Å². The lowest BCUT2D eigenvalue weighted by molar-refractivity contribution is 0.0691. The first kappa shape index (κ1) is 12.4. The van der Waals surface area contributed by atoms with E-state index in [-0.39, 0.29) is 5.69 Å². The fraction of sp³-hybridized carbons (Fsp3) is 0.214. The van der Waals surface area contributed by atoms with Crippen molar-refractivity contribution >= 4 is 16.9 Å². The van der Waals surface area contributed by atoms with E-state index in [1.54, 1.807) is 15.4 Å². The zero-order valence-corrected chi connectivity index (χ0v) is 11.0. The summed E-state index contributed by atoms with van der Waals surface area (Å²) in [5.74, 6) is -0.999. The molecule has 102 valence electrons. The van der Waals surface area contributed by atoms with Gasteiger partial charge in [-0.2, -0.15) is 10.2 Å². The molecule has 1 N–H and O–H groups in total. The van der Waals surface area contributed by atoms with Gasteiger partial charge in [-0.15, -0.1) is 0 Å². The van der Waals surface area contributed by atoms with Crippen LogP contribution >= 0.6 is 0 Å². The Kier molecular flexibility index (Phi) is 2.98. The third kappa shape index (κ3) is 2.16. The minimum Gasteiger partial charge on any atom is -0.476 e. The van der Waals surface area contributed by atoms with Crippen LogP contribution < -0.4 is 0 Å². The summed E-state index contributed by atoms with van der Waals surface area (Å²) in [5.41, 5.74) is 2.05. The number of aromatic nitrogens is 4. The predicted molar refractivity (Wildman–Crippen MR) is 73.6 cm³/mol. The number of aryl methyl sites for hydroxylation is 3. The van der Waals surface area contributed by atoms with Gasteiger partial charge >= 0.3 is 5.97 Å². The number of hydrogen-bond acceptors (Lipinski definition) is 3. The maximum atomic E-state index is 11.2. The van der Waals surface area contributed by atoms with E-state index in [9.17, 15) is 9.90 Å². The van der Waals surface area contributed by atoms with Gasteiger partial charge < -0.3 is 5.11 Å². The normalized spacial score (nSPS) is 11.1. The van der Waals surface area contributed by atoms with Gasteiger partial charge in [0.1, 0.15) is 0 Å². The van der Waals surface area contributed by atoms with Crippen LogP contribution in [-0.4, -0.2) is 30.6 Å². The Labute approximate surface area is 115 Å². The summed E-state index contributed by atoms with van der Waals surface area (Å²) in [4.78, 5) is 11.2. The maximum absolute atomic E-state index is 11.2. The van der Waals surface area contributed by atoms with Gasteiger partial charge in [-0.1, -0.05) is 18.2 Å². The van der Waals surface area contributed by atoms with E-state index in [1.165, 1.54) is 0 Å². The second-order valence-corrected chi connectivity index (χ2v) is 4.67. The summed E-state index contributed by atoms with van der Waals surface area (Å²) in [7, 11) is 1.87. The Morgan fingerprint density at radius 2 is 2.15 bits per heavy atom. The molecule has 0 saturated carbocycles. The number of carboxylic acid groups (broad SMARTS) is 1. The lowest BCUT2D eigenvalue weighted by Crippen LogP contribution is -2.05. The molecule has 6 nitrogen and oxygen atoms in total. The lowest BCUT2D eigenvalue weighted by atomic mass is 10.2. The van der Waals surface area contributed by atoms with Crippen molar-refractivity contribution in [3.8, 4) is 0 Å². The first-order valence-electron chi connectivity index (χ1n) is 6.31. The van der Waals surface area contributed by atoms with Crippen LogP contribution in [-0.2, 0) is 20.0 Å². The zero-order chi connectivity index (χ0) is 14.1. The van der Waals surface area contributed by atoms with Gasteiger partial charge in [-0.3, -0.25) is 9.36 Å². The molecule has 1 aromatic carbocycles. The molecular weight excluding hydrogens is 256 g/mol. The molecule has 3 rings (SSSR count). The van der Waals surface area contributed by atoms with Crippen molar-refractivity contribution < 1.29 is 9.90 Å². The van der Waals surface area contributed by atoms with Crippen molar-refractivity contribution in [2.24, 2.45) is 7.05 Å². The highest BCUT2D eigenvalue weighted by atomic mass is 16.4. The predicted octanol–water partition coefficient (Wildman–Crippen LogP) is 1.71. The molecular formula is C14H14N4O2. The monoisotopic (exact) mass is 270 g/mol. The minimum atomic E-state index is -0.999. The molecule has 0 unspecified atom stereocenters. The third-order valence-corrected chi connectivity index (χ3v) is 3.23. The van der Waals surface area contributed by atoms with Gasteiger partial charge in [0.05, 0.1) is 11.7 Å². The Bertz CT molecular complexity index is 772. The first-order chi connectivity index (χ1) is 9.65. The van der Waals surface area contributed by atoms with E-state index in [1.807, 2.05) is 37.6 Å². The largest absolute Gasteiger partial charge is 0.476 e. The third-order valence-electron chi connectivity index (χ3n) is 3.23. The Morgan fingerprint density at radius 1 is 1.35 bits per heavy atom. The van der Waals surface area contributed by atoms with E-state index in [2.05, 4.69) is 10.2 Å². The van der Waals surface area contributed by atoms with E-state index in [0.717, 1.165) is 17.5 Å². The van der Waals surface area contributed by atoms with Gasteiger partial charge in [0, 0.05) is 25.2 Å². The van der Waals surface area contributed by atoms with Crippen molar-refractivity contribution in [1.82, 2.24) is 19.6 Å². The number of fused-ring (bicyclic) bond motifs is 1. The summed E-state index contributed by atoms with van der Waals surface area (Å²) < 4.78 is 3.49. The van der Waals surface area contributed by atoms with Crippen LogP contribution in [0.15, 0.2) is 36.7 Å². The van der Waals surface area contributed by atoms with Crippen LogP contribution in [0.25, 0.3) is 10.9 Å². The van der Waals surface area contributed by atoms with Crippen molar-refractivity contribution in [2.75, 3.05) is 0 Å². The number of nitrogens with zero attached hydrogens (tertiary/aromatic N) is 4. The van der Waals surface area contributed by atoms with Crippen LogP contribution in [0.3, 0.4) is 0 Å². The fourth-order valence-corrected chi connectivity index (χ4v) is 2.29. The summed E-state index contributed by atoms with van der Waals surface area (Å²) in [6.45, 7) is 0.624. The molecule has 6 heteroatoms.